The van der Waals surface area contributed by atoms with Crippen LogP contribution in [0.2, 0.25) is 0 Å². The number of nitrogen functional groups attached to an aromatic ring is 1. The normalized spacial score (nSPS) is 16.1. The molecule has 0 bridgehead atoms. The van der Waals surface area contributed by atoms with Crippen LogP contribution in [-0.4, -0.2) is 35.1 Å². The highest BCUT2D eigenvalue weighted by atomic mass is 16.3. The van der Waals surface area contributed by atoms with Crippen LogP contribution in [0.25, 0.3) is 0 Å². The number of benzene rings is 1. The number of anilines is 1. The molecule has 1 aliphatic rings. The molecule has 0 saturated heterocycles. The highest BCUT2D eigenvalue weighted by Crippen LogP contribution is 2.24. The van der Waals surface area contributed by atoms with E-state index in [9.17, 15) is 9.90 Å². The number of carbonyl (C=O) groups excluding carboxylic acids is 1. The van der Waals surface area contributed by atoms with Gasteiger partial charge < -0.3 is 15.7 Å². The number of nitrogens with zero attached hydrogens (tertiary/aromatic N) is 1. The average molecular weight is 276 g/mol. The largest absolute Gasteiger partial charge is 0.399 e. The molecule has 0 radical (unpaired) electrons. The van der Waals surface area contributed by atoms with Crippen molar-refractivity contribution in [2.24, 2.45) is 0 Å². The highest BCUT2D eigenvalue weighted by molar-refractivity contribution is 5.95. The van der Waals surface area contributed by atoms with E-state index in [2.05, 4.69) is 0 Å². The van der Waals surface area contributed by atoms with E-state index in [0.29, 0.717) is 17.8 Å². The molecule has 0 unspecified atom stereocenters. The van der Waals surface area contributed by atoms with Crippen molar-refractivity contribution in [2.45, 2.75) is 45.1 Å². The van der Waals surface area contributed by atoms with Gasteiger partial charge in [-0.15, -0.1) is 0 Å². The SMILES string of the molecule is Cc1cc(C(=O)N(CCO)C2CCCCC2)ccc1N. The van der Waals surface area contributed by atoms with Crippen LogP contribution in [0.5, 0.6) is 0 Å². The first-order valence-electron chi connectivity index (χ1n) is 7.41. The van der Waals surface area contributed by atoms with E-state index in [1.807, 2.05) is 17.9 Å². The molecule has 0 spiro atoms. The fourth-order valence-electron chi connectivity index (χ4n) is 2.92. The zero-order valence-corrected chi connectivity index (χ0v) is 12.1. The summed E-state index contributed by atoms with van der Waals surface area (Å²) >= 11 is 0. The van der Waals surface area contributed by atoms with E-state index in [1.165, 1.54) is 19.3 Å². The van der Waals surface area contributed by atoms with Crippen LogP contribution in [0, 0.1) is 6.92 Å². The first-order chi connectivity index (χ1) is 9.63. The van der Waals surface area contributed by atoms with Crippen molar-refractivity contribution in [1.29, 1.82) is 0 Å². The van der Waals surface area contributed by atoms with Gasteiger partial charge in [-0.05, 0) is 43.5 Å². The van der Waals surface area contributed by atoms with Crippen LogP contribution >= 0.6 is 0 Å². The lowest BCUT2D eigenvalue weighted by molar-refractivity contribution is 0.0585. The predicted molar refractivity (Wildman–Crippen MR) is 80.6 cm³/mol. The summed E-state index contributed by atoms with van der Waals surface area (Å²) in [6.45, 7) is 2.33. The topological polar surface area (TPSA) is 66.6 Å². The van der Waals surface area contributed by atoms with Gasteiger partial charge in [0, 0.05) is 23.8 Å². The van der Waals surface area contributed by atoms with Crippen LogP contribution in [0.15, 0.2) is 18.2 Å². The summed E-state index contributed by atoms with van der Waals surface area (Å²) in [7, 11) is 0. The van der Waals surface area contributed by atoms with E-state index in [4.69, 9.17) is 5.73 Å². The summed E-state index contributed by atoms with van der Waals surface area (Å²) in [5.41, 5.74) is 8.09. The molecular weight excluding hydrogens is 252 g/mol. The Bertz CT molecular complexity index is 468. The quantitative estimate of drug-likeness (QED) is 0.830. The number of aryl methyl sites for hydroxylation is 1. The van der Waals surface area contributed by atoms with Gasteiger partial charge in [0.2, 0.25) is 0 Å². The number of carbonyl (C=O) groups is 1. The Morgan fingerprint density at radius 1 is 1.35 bits per heavy atom. The van der Waals surface area contributed by atoms with Gasteiger partial charge >= 0.3 is 0 Å². The fraction of sp³-hybridized carbons (Fsp3) is 0.562. The van der Waals surface area contributed by atoms with Crippen LogP contribution in [0.3, 0.4) is 0 Å². The van der Waals surface area contributed by atoms with Crippen molar-refractivity contribution in [2.75, 3.05) is 18.9 Å². The van der Waals surface area contributed by atoms with Crippen molar-refractivity contribution in [1.82, 2.24) is 4.90 Å². The zero-order valence-electron chi connectivity index (χ0n) is 12.1. The van der Waals surface area contributed by atoms with Gasteiger partial charge in [0.15, 0.2) is 0 Å². The molecule has 1 aliphatic carbocycles. The van der Waals surface area contributed by atoms with Crippen molar-refractivity contribution < 1.29 is 9.90 Å². The maximum Gasteiger partial charge on any atom is 0.254 e. The zero-order chi connectivity index (χ0) is 14.5. The summed E-state index contributed by atoms with van der Waals surface area (Å²) < 4.78 is 0. The van der Waals surface area contributed by atoms with E-state index >= 15 is 0 Å². The molecule has 1 fully saturated rings. The van der Waals surface area contributed by atoms with Gasteiger partial charge in [0.05, 0.1) is 6.61 Å². The third kappa shape index (κ3) is 3.31. The monoisotopic (exact) mass is 276 g/mol. The van der Waals surface area contributed by atoms with E-state index in [1.54, 1.807) is 12.1 Å². The van der Waals surface area contributed by atoms with Crippen molar-refractivity contribution >= 4 is 11.6 Å². The Balaban J connectivity index is 2.18. The van der Waals surface area contributed by atoms with Crippen LogP contribution < -0.4 is 5.73 Å². The Hall–Kier alpha value is -1.55. The van der Waals surface area contributed by atoms with Crippen molar-refractivity contribution in [3.05, 3.63) is 29.3 Å². The number of rotatable bonds is 4. The molecule has 0 aromatic heterocycles. The van der Waals surface area contributed by atoms with Gasteiger partial charge in [0.1, 0.15) is 0 Å². The van der Waals surface area contributed by atoms with Crippen molar-refractivity contribution in [3.63, 3.8) is 0 Å². The van der Waals surface area contributed by atoms with Crippen LogP contribution in [0.1, 0.15) is 48.0 Å². The van der Waals surface area contributed by atoms with Gasteiger partial charge in [-0.1, -0.05) is 19.3 Å². The molecule has 1 saturated carbocycles. The smallest absolute Gasteiger partial charge is 0.254 e. The number of amides is 1. The highest BCUT2D eigenvalue weighted by Gasteiger charge is 2.25. The standard InChI is InChI=1S/C16H24N2O2/c1-12-11-13(7-8-15(12)17)16(20)18(9-10-19)14-5-3-2-4-6-14/h7-8,11,14,19H,2-6,9-10,17H2,1H3. The summed E-state index contributed by atoms with van der Waals surface area (Å²) in [5.74, 6) is 0.00838. The number of aliphatic hydroxyl groups is 1. The lowest BCUT2D eigenvalue weighted by atomic mass is 9.93. The van der Waals surface area contributed by atoms with E-state index in [-0.39, 0.29) is 18.6 Å². The van der Waals surface area contributed by atoms with Gasteiger partial charge in [-0.3, -0.25) is 4.79 Å². The Labute approximate surface area is 120 Å². The van der Waals surface area contributed by atoms with Crippen LogP contribution in [0.4, 0.5) is 5.69 Å². The number of hydrogen-bond donors (Lipinski definition) is 2. The molecule has 0 atom stereocenters. The van der Waals surface area contributed by atoms with Crippen molar-refractivity contribution in [3.8, 4) is 0 Å². The van der Waals surface area contributed by atoms with Gasteiger partial charge in [-0.2, -0.15) is 0 Å². The van der Waals surface area contributed by atoms with Gasteiger partial charge in [0.25, 0.3) is 5.91 Å². The van der Waals surface area contributed by atoms with E-state index in [0.717, 1.165) is 18.4 Å². The minimum Gasteiger partial charge on any atom is -0.399 e. The first kappa shape index (κ1) is 14.9. The minimum absolute atomic E-state index is 0.00838. The summed E-state index contributed by atoms with van der Waals surface area (Å²) in [5, 5.41) is 9.25. The molecule has 1 aromatic carbocycles. The molecule has 20 heavy (non-hydrogen) atoms. The number of nitrogens with two attached hydrogens (primary N) is 1. The second-order valence-corrected chi connectivity index (χ2v) is 5.59. The lowest BCUT2D eigenvalue weighted by Crippen LogP contribution is -2.43. The molecule has 4 heteroatoms. The predicted octanol–water partition coefficient (Wildman–Crippen LogP) is 2.34. The Kier molecular flexibility index (Phi) is 5.01. The maximum absolute atomic E-state index is 12.7. The second kappa shape index (κ2) is 6.75. The fourth-order valence-corrected chi connectivity index (χ4v) is 2.92. The third-order valence-electron chi connectivity index (χ3n) is 4.13. The summed E-state index contributed by atoms with van der Waals surface area (Å²) in [6.07, 6.45) is 5.67. The lowest BCUT2D eigenvalue weighted by Gasteiger charge is -2.34. The molecule has 3 N–H and O–H groups in total. The third-order valence-corrected chi connectivity index (χ3v) is 4.13. The molecule has 2 rings (SSSR count). The summed E-state index contributed by atoms with van der Waals surface area (Å²) in [6, 6.07) is 5.66. The molecule has 0 heterocycles. The molecule has 4 nitrogen and oxygen atoms in total. The molecule has 0 aliphatic heterocycles. The van der Waals surface area contributed by atoms with Crippen LogP contribution in [-0.2, 0) is 0 Å². The first-order valence-corrected chi connectivity index (χ1v) is 7.41. The Morgan fingerprint density at radius 2 is 2.05 bits per heavy atom. The molecule has 1 amide bonds. The second-order valence-electron chi connectivity index (χ2n) is 5.59. The van der Waals surface area contributed by atoms with Gasteiger partial charge in [-0.25, -0.2) is 0 Å². The molecule has 1 aromatic rings. The van der Waals surface area contributed by atoms with E-state index < -0.39 is 0 Å². The molecular formula is C16H24N2O2. The number of aliphatic hydroxyl groups excluding tert-OH is 1. The Morgan fingerprint density at radius 3 is 2.65 bits per heavy atom. The summed E-state index contributed by atoms with van der Waals surface area (Å²) in [4.78, 5) is 14.5. The molecule has 110 valence electrons. The minimum atomic E-state index is 0.00838. The maximum atomic E-state index is 12.7. The number of hydrogen-bond acceptors (Lipinski definition) is 3. The average Bonchev–Trinajstić information content (AvgIpc) is 2.48.